The highest BCUT2D eigenvalue weighted by Crippen LogP contribution is 2.40. The van der Waals surface area contributed by atoms with Gasteiger partial charge in [0.2, 0.25) is 5.95 Å². The van der Waals surface area contributed by atoms with E-state index in [4.69, 9.17) is 4.98 Å². The van der Waals surface area contributed by atoms with E-state index in [2.05, 4.69) is 32.8 Å². The molecule has 4 heterocycles. The molecule has 0 radical (unpaired) electrons. The van der Waals surface area contributed by atoms with Gasteiger partial charge < -0.3 is 20.9 Å². The first kappa shape index (κ1) is 24.7. The predicted molar refractivity (Wildman–Crippen MR) is 153 cm³/mol. The quantitative estimate of drug-likeness (QED) is 0.347. The molecule has 0 bridgehead atoms. The third-order valence-electron chi connectivity index (χ3n) is 8.13. The van der Waals surface area contributed by atoms with E-state index < -0.39 is 6.04 Å². The average Bonchev–Trinajstić information content (AvgIpc) is 3.80. The Morgan fingerprint density at radius 3 is 2.73 bits per heavy atom. The number of nitrogens with zero attached hydrogens (tertiary/aromatic N) is 4. The fourth-order valence-corrected chi connectivity index (χ4v) is 5.86. The Kier molecular flexibility index (Phi) is 6.00. The van der Waals surface area contributed by atoms with Crippen molar-refractivity contribution in [2.24, 2.45) is 0 Å². The molecule has 3 aliphatic rings. The lowest BCUT2D eigenvalue weighted by Gasteiger charge is -2.36. The zero-order valence-electron chi connectivity index (χ0n) is 22.2. The molecule has 1 saturated heterocycles. The van der Waals surface area contributed by atoms with E-state index in [1.54, 1.807) is 24.4 Å². The summed E-state index contributed by atoms with van der Waals surface area (Å²) in [6.07, 6.45) is 3.57. The van der Waals surface area contributed by atoms with Crippen molar-refractivity contribution in [2.75, 3.05) is 41.7 Å². The van der Waals surface area contributed by atoms with Crippen LogP contribution in [0.2, 0.25) is 0 Å². The number of nitrogens with one attached hydrogen (secondary N) is 3. The maximum absolute atomic E-state index is 15.2. The highest BCUT2D eigenvalue weighted by Gasteiger charge is 2.34. The Morgan fingerprint density at radius 2 is 1.93 bits per heavy atom. The van der Waals surface area contributed by atoms with Crippen molar-refractivity contribution in [3.8, 4) is 0 Å². The third kappa shape index (κ3) is 4.28. The molecular formula is C30H30FN7O2. The lowest BCUT2D eigenvalue weighted by molar-refractivity contribution is 0.0927. The van der Waals surface area contributed by atoms with Crippen molar-refractivity contribution < 1.29 is 9.18 Å². The van der Waals surface area contributed by atoms with Crippen LogP contribution in [-0.4, -0.2) is 52.5 Å². The van der Waals surface area contributed by atoms with E-state index in [1.165, 1.54) is 10.6 Å². The van der Waals surface area contributed by atoms with Crippen molar-refractivity contribution in [1.29, 1.82) is 0 Å². The fraction of sp³-hybridized carbons (Fsp3) is 0.333. The molecule has 2 aromatic heterocycles. The summed E-state index contributed by atoms with van der Waals surface area (Å²) in [5.41, 5.74) is 3.25. The zero-order chi connectivity index (χ0) is 27.4. The van der Waals surface area contributed by atoms with Crippen molar-refractivity contribution in [3.05, 3.63) is 82.0 Å². The van der Waals surface area contributed by atoms with E-state index in [0.29, 0.717) is 33.5 Å². The number of anilines is 4. The largest absolute Gasteiger partial charge is 0.382 e. The number of carbonyl (C=O) groups excluding carboxylic acids is 1. The lowest BCUT2D eigenvalue weighted by Crippen LogP contribution is -2.50. The summed E-state index contributed by atoms with van der Waals surface area (Å²) in [6, 6.07) is 13.6. The summed E-state index contributed by atoms with van der Waals surface area (Å²) in [5, 5.41) is 10.4. The number of piperazine rings is 1. The minimum Gasteiger partial charge on any atom is -0.382 e. The summed E-state index contributed by atoms with van der Waals surface area (Å²) < 4.78 is 16.7. The van der Waals surface area contributed by atoms with Crippen LogP contribution in [0.3, 0.4) is 0 Å². The summed E-state index contributed by atoms with van der Waals surface area (Å²) in [7, 11) is 0. The van der Waals surface area contributed by atoms with Crippen LogP contribution in [-0.2, 0) is 0 Å². The molecule has 0 amide bonds. The Hall–Kier alpha value is -4.31. The van der Waals surface area contributed by atoms with Crippen molar-refractivity contribution in [3.63, 3.8) is 0 Å². The molecule has 1 aliphatic carbocycles. The summed E-state index contributed by atoms with van der Waals surface area (Å²) in [5.74, 6) is -0.0411. The van der Waals surface area contributed by atoms with Gasteiger partial charge in [-0.2, -0.15) is 4.98 Å². The van der Waals surface area contributed by atoms with Gasteiger partial charge in [-0.25, -0.2) is 9.37 Å². The molecule has 204 valence electrons. The van der Waals surface area contributed by atoms with Crippen molar-refractivity contribution >= 4 is 39.8 Å². The van der Waals surface area contributed by atoms with Gasteiger partial charge in [0, 0.05) is 66.3 Å². The number of para-hydroxylation sites is 1. The second kappa shape index (κ2) is 9.71. The number of benzene rings is 2. The molecule has 7 rings (SSSR count). The van der Waals surface area contributed by atoms with Crippen LogP contribution in [0.4, 0.5) is 27.4 Å². The number of Topliss-reactive ketones (excluding diaryl/α,β-unsaturated/α-hetero) is 1. The van der Waals surface area contributed by atoms with Gasteiger partial charge in [-0.15, -0.1) is 0 Å². The molecule has 2 atom stereocenters. The van der Waals surface area contributed by atoms with Crippen molar-refractivity contribution in [2.45, 2.75) is 37.8 Å². The molecule has 10 heteroatoms. The van der Waals surface area contributed by atoms with Crippen LogP contribution < -0.4 is 26.4 Å². The molecule has 2 unspecified atom stereocenters. The Bertz CT molecular complexity index is 1700. The monoisotopic (exact) mass is 539 g/mol. The van der Waals surface area contributed by atoms with Crippen LogP contribution in [0.15, 0.2) is 59.5 Å². The first-order chi connectivity index (χ1) is 19.5. The summed E-state index contributed by atoms with van der Waals surface area (Å²) in [4.78, 5) is 38.6. The predicted octanol–water partition coefficient (Wildman–Crippen LogP) is 4.20. The van der Waals surface area contributed by atoms with Gasteiger partial charge in [-0.1, -0.05) is 12.1 Å². The molecule has 3 N–H and O–H groups in total. The number of ketones is 1. The number of hydrogen-bond acceptors (Lipinski definition) is 8. The highest BCUT2D eigenvalue weighted by molar-refractivity contribution is 6.06. The van der Waals surface area contributed by atoms with Crippen LogP contribution in [0.25, 0.3) is 11.0 Å². The Morgan fingerprint density at radius 1 is 1.07 bits per heavy atom. The number of carbonyl (C=O) groups is 1. The van der Waals surface area contributed by atoms with Gasteiger partial charge in [0.25, 0.3) is 5.56 Å². The van der Waals surface area contributed by atoms with Crippen LogP contribution >= 0.6 is 0 Å². The Labute approximate surface area is 230 Å². The first-order valence-corrected chi connectivity index (χ1v) is 13.8. The van der Waals surface area contributed by atoms with E-state index >= 15 is 4.39 Å². The van der Waals surface area contributed by atoms with Gasteiger partial charge in [0.1, 0.15) is 17.5 Å². The normalized spacial score (nSPS) is 20.8. The molecule has 0 spiro atoms. The first-order valence-electron chi connectivity index (χ1n) is 13.8. The second-order valence-electron chi connectivity index (χ2n) is 10.9. The van der Waals surface area contributed by atoms with Crippen LogP contribution in [0.1, 0.15) is 47.6 Å². The lowest BCUT2D eigenvalue weighted by atomic mass is 9.97. The van der Waals surface area contributed by atoms with Gasteiger partial charge >= 0.3 is 0 Å². The van der Waals surface area contributed by atoms with Crippen LogP contribution in [0.5, 0.6) is 0 Å². The van der Waals surface area contributed by atoms with Crippen LogP contribution in [0, 0.1) is 5.82 Å². The molecule has 1 saturated carbocycles. The summed E-state index contributed by atoms with van der Waals surface area (Å²) in [6.45, 7) is 4.70. The maximum Gasteiger partial charge on any atom is 0.256 e. The van der Waals surface area contributed by atoms with Gasteiger partial charge in [-0.05, 0) is 62.1 Å². The van der Waals surface area contributed by atoms with Gasteiger partial charge in [-0.3, -0.25) is 14.2 Å². The minimum atomic E-state index is -0.746. The minimum absolute atomic E-state index is 0.126. The number of aromatic nitrogens is 3. The number of halogens is 1. The molecule has 40 heavy (non-hydrogen) atoms. The zero-order valence-corrected chi connectivity index (χ0v) is 22.2. The van der Waals surface area contributed by atoms with E-state index in [1.807, 2.05) is 24.3 Å². The average molecular weight is 540 g/mol. The summed E-state index contributed by atoms with van der Waals surface area (Å²) >= 11 is 0. The standard InChI is InChI=1S/C30H30FN7O2/c1-17-14-32-10-11-37(17)25-9-8-20(13-23(25)31)35-30-34-15-19-12-22(18-6-7-18)29(40)38(28(19)36-30)26-16-33-24-5-3-2-4-21(24)27(26)39/h2-5,8-9,12-13,15,17-18,26,32-33H,6-7,10-11,14,16H2,1H3,(H,34,35,36). The Balaban J connectivity index is 1.26. The number of rotatable bonds is 5. The number of pyridine rings is 1. The highest BCUT2D eigenvalue weighted by atomic mass is 19.1. The SMILES string of the molecule is CC1CNCCN1c1ccc(Nc2ncc3cc(C4CC4)c(=O)n(C4CNc5ccccc5C4=O)c3n2)cc1F. The fourth-order valence-electron chi connectivity index (χ4n) is 5.86. The second-order valence-corrected chi connectivity index (χ2v) is 10.9. The smallest absolute Gasteiger partial charge is 0.256 e. The molecular weight excluding hydrogens is 509 g/mol. The van der Waals surface area contributed by atoms with E-state index in [-0.39, 0.29) is 41.6 Å². The molecule has 9 nitrogen and oxygen atoms in total. The van der Waals surface area contributed by atoms with Crippen molar-refractivity contribution in [1.82, 2.24) is 19.9 Å². The van der Waals surface area contributed by atoms with E-state index in [9.17, 15) is 9.59 Å². The molecule has 2 fully saturated rings. The van der Waals surface area contributed by atoms with Gasteiger partial charge in [0.15, 0.2) is 5.78 Å². The number of fused-ring (bicyclic) bond motifs is 2. The van der Waals surface area contributed by atoms with E-state index in [0.717, 1.165) is 38.2 Å². The molecule has 2 aromatic carbocycles. The topological polar surface area (TPSA) is 104 Å². The molecule has 2 aliphatic heterocycles. The maximum atomic E-state index is 15.2. The van der Waals surface area contributed by atoms with Gasteiger partial charge in [0.05, 0.1) is 5.69 Å². The third-order valence-corrected chi connectivity index (χ3v) is 8.13. The molecule has 4 aromatic rings. The number of hydrogen-bond donors (Lipinski definition) is 3.